The van der Waals surface area contributed by atoms with Crippen molar-refractivity contribution in [2.75, 3.05) is 26.4 Å². The van der Waals surface area contributed by atoms with E-state index in [4.69, 9.17) is 28.4 Å². The molecule has 19 heteroatoms. The maximum absolute atomic E-state index is 13.5. The molecule has 0 bridgehead atoms. The van der Waals surface area contributed by atoms with Crippen LogP contribution in [0.2, 0.25) is 0 Å². The Morgan fingerprint density at radius 3 is 1.00 bits per heavy atom. The zero-order chi connectivity index (χ0) is 72.5. The number of ether oxygens (including phenoxy) is 6. The molecule has 0 aromatic rings. The lowest BCUT2D eigenvalue weighted by Gasteiger charge is -2.48. The van der Waals surface area contributed by atoms with E-state index in [2.05, 4.69) is 43.5 Å². The Morgan fingerprint density at radius 2 is 0.640 bits per heavy atom. The van der Waals surface area contributed by atoms with Crippen LogP contribution in [0, 0.1) is 0 Å². The summed E-state index contributed by atoms with van der Waals surface area (Å²) in [6, 6.07) is -0.995. The summed E-state index contributed by atoms with van der Waals surface area (Å²) in [7, 11) is 0. The largest absolute Gasteiger partial charge is 0.394 e. The fourth-order valence-corrected chi connectivity index (χ4v) is 14.1. The fraction of sp³-hybridized carbons (Fsp3) is 0.914. The highest BCUT2D eigenvalue weighted by molar-refractivity contribution is 5.76. The van der Waals surface area contributed by atoms with Gasteiger partial charge in [0.1, 0.15) is 73.2 Å². The van der Waals surface area contributed by atoms with Gasteiger partial charge in [-0.3, -0.25) is 4.79 Å². The predicted octanol–water partition coefficient (Wildman–Crippen LogP) is 13.9. The van der Waals surface area contributed by atoms with Crippen LogP contribution in [-0.2, 0) is 33.2 Å². The van der Waals surface area contributed by atoms with Gasteiger partial charge in [0.15, 0.2) is 18.9 Å². The fourth-order valence-electron chi connectivity index (χ4n) is 14.1. The van der Waals surface area contributed by atoms with Gasteiger partial charge in [-0.05, 0) is 44.9 Å². The molecule has 0 aliphatic carbocycles. The molecule has 3 aliphatic rings. The summed E-state index contributed by atoms with van der Waals surface area (Å²) in [4.78, 5) is 13.5. The van der Waals surface area contributed by atoms with Crippen LogP contribution < -0.4 is 5.32 Å². The SMILES string of the molecule is CCCCCCCCC/C=C/CC/C=C/CC/C=C/C(O)C(COC1OC(CO)C(OC2OC(CO)C(OC3OC(CO)C(O)C(O)C3O)C(O)C2O)C(O)C1O)NC(=O)CCCCCCCCCCCCCCCCCCCCCCCCCCCCCCCCCCCCCCCC. The van der Waals surface area contributed by atoms with Gasteiger partial charge in [-0.2, -0.15) is 0 Å². The molecule has 0 radical (unpaired) electrons. The number of hydrogen-bond donors (Lipinski definition) is 12. The lowest BCUT2D eigenvalue weighted by Crippen LogP contribution is -2.66. The molecule has 0 aromatic carbocycles. The molecule has 1 amide bonds. The highest BCUT2D eigenvalue weighted by atomic mass is 16.8. The Balaban J connectivity index is 1.31. The van der Waals surface area contributed by atoms with Crippen molar-refractivity contribution in [3.8, 4) is 0 Å². The average molecular weight is 1430 g/mol. The van der Waals surface area contributed by atoms with Crippen LogP contribution in [0.5, 0.6) is 0 Å². The second-order valence-electron chi connectivity index (χ2n) is 29.6. The molecule has 0 aromatic heterocycles. The summed E-state index contributed by atoms with van der Waals surface area (Å²) < 4.78 is 34.4. The summed E-state index contributed by atoms with van der Waals surface area (Å²) in [5.74, 6) is -0.283. The van der Waals surface area contributed by atoms with E-state index in [-0.39, 0.29) is 18.9 Å². The minimum atomic E-state index is -1.98. The van der Waals surface area contributed by atoms with Crippen molar-refractivity contribution in [1.82, 2.24) is 5.32 Å². The number of allylic oxidation sites excluding steroid dienone is 5. The molecule has 0 saturated carbocycles. The molecule has 100 heavy (non-hydrogen) atoms. The van der Waals surface area contributed by atoms with Crippen LogP contribution >= 0.6 is 0 Å². The van der Waals surface area contributed by atoms with Crippen LogP contribution in [0.1, 0.15) is 341 Å². The zero-order valence-electron chi connectivity index (χ0n) is 62.9. The van der Waals surface area contributed by atoms with Crippen molar-refractivity contribution in [2.45, 2.75) is 446 Å². The predicted molar refractivity (Wildman–Crippen MR) is 397 cm³/mol. The highest BCUT2D eigenvalue weighted by Gasteiger charge is 2.54. The van der Waals surface area contributed by atoms with Crippen molar-refractivity contribution < 1.29 is 89.4 Å². The summed E-state index contributed by atoms with van der Waals surface area (Å²) >= 11 is 0. The molecule has 12 N–H and O–H groups in total. The number of hydrogen-bond acceptors (Lipinski definition) is 18. The smallest absolute Gasteiger partial charge is 0.220 e. The van der Waals surface area contributed by atoms with E-state index in [0.29, 0.717) is 12.8 Å². The van der Waals surface area contributed by atoms with Crippen molar-refractivity contribution in [2.24, 2.45) is 0 Å². The first-order chi connectivity index (χ1) is 48.8. The quantitative estimate of drug-likeness (QED) is 0.0199. The normalized spacial score (nSPS) is 26.6. The van der Waals surface area contributed by atoms with Crippen LogP contribution in [0.3, 0.4) is 0 Å². The van der Waals surface area contributed by atoms with Crippen LogP contribution in [0.15, 0.2) is 36.5 Å². The Bertz CT molecular complexity index is 1950. The van der Waals surface area contributed by atoms with Gasteiger partial charge < -0.3 is 89.9 Å². The molecular formula is C81H151NO18. The number of unbranched alkanes of at least 4 members (excludes halogenated alkanes) is 46. The van der Waals surface area contributed by atoms with Gasteiger partial charge in [0.2, 0.25) is 5.91 Å². The first kappa shape index (κ1) is 92.2. The van der Waals surface area contributed by atoms with Crippen molar-refractivity contribution in [3.63, 3.8) is 0 Å². The second kappa shape index (κ2) is 62.1. The van der Waals surface area contributed by atoms with E-state index in [1.54, 1.807) is 6.08 Å². The number of aliphatic hydroxyl groups is 11. The van der Waals surface area contributed by atoms with E-state index in [1.807, 2.05) is 6.08 Å². The summed E-state index contributed by atoms with van der Waals surface area (Å²) in [5.41, 5.74) is 0. The Hall–Kier alpha value is -1.99. The van der Waals surface area contributed by atoms with Crippen molar-refractivity contribution in [1.29, 1.82) is 0 Å². The average Bonchev–Trinajstić information content (AvgIpc) is 0.783. The molecular weight excluding hydrogens is 1270 g/mol. The standard InChI is InChI=1S/C81H151NO18/c1-3-5-7-9-11-13-15-17-19-21-22-23-24-25-26-27-28-29-30-31-32-33-34-35-36-37-38-39-40-41-43-45-47-49-51-53-55-57-59-69(87)82-64(65(86)58-56-54-52-50-48-46-44-42-20-18-16-14-12-10-8-6-4-2)63-95-79-75(93)72(90)77(67(61-84)97-79)100-81-76(94)73(91)78(68(62-85)98-81)99-80-74(92)71(89)70(88)66(60-83)96-80/h20,42,48,50,56,58,64-68,70-81,83-86,88-94H,3-19,21-41,43-47,49,51-55,57,59-63H2,1-2H3,(H,82,87)/b42-20+,50-48+,58-56+. The maximum atomic E-state index is 13.5. The van der Waals surface area contributed by atoms with Crippen molar-refractivity contribution >= 4 is 5.91 Å². The number of amides is 1. The summed E-state index contributed by atoms with van der Waals surface area (Å²) in [6.45, 7) is 1.74. The molecule has 0 spiro atoms. The number of carbonyl (C=O) groups is 1. The minimum absolute atomic E-state index is 0.236. The zero-order valence-corrected chi connectivity index (χ0v) is 62.9. The Morgan fingerprint density at radius 1 is 0.350 bits per heavy atom. The van der Waals surface area contributed by atoms with Gasteiger partial charge in [0.25, 0.3) is 0 Å². The third kappa shape index (κ3) is 41.8. The van der Waals surface area contributed by atoms with E-state index in [0.717, 1.165) is 44.9 Å². The molecule has 588 valence electrons. The monoisotopic (exact) mass is 1430 g/mol. The van der Waals surface area contributed by atoms with E-state index >= 15 is 0 Å². The van der Waals surface area contributed by atoms with Gasteiger partial charge in [0, 0.05) is 6.42 Å². The first-order valence-corrected chi connectivity index (χ1v) is 41.2. The highest BCUT2D eigenvalue weighted by Crippen LogP contribution is 2.33. The molecule has 3 fully saturated rings. The maximum Gasteiger partial charge on any atom is 0.220 e. The van der Waals surface area contributed by atoms with Crippen LogP contribution in [0.25, 0.3) is 0 Å². The summed E-state index contributed by atoms with van der Waals surface area (Å²) in [5, 5.41) is 121. The number of carbonyl (C=O) groups excluding carboxylic acids is 1. The second-order valence-corrected chi connectivity index (χ2v) is 29.6. The van der Waals surface area contributed by atoms with Gasteiger partial charge in [-0.1, -0.05) is 326 Å². The Labute approximate surface area is 606 Å². The lowest BCUT2D eigenvalue weighted by molar-refractivity contribution is -0.379. The lowest BCUT2D eigenvalue weighted by atomic mass is 9.96. The first-order valence-electron chi connectivity index (χ1n) is 41.2. The van der Waals surface area contributed by atoms with Gasteiger partial charge in [0.05, 0.1) is 38.6 Å². The number of rotatable bonds is 66. The topological polar surface area (TPSA) is 307 Å². The van der Waals surface area contributed by atoms with E-state index in [9.17, 15) is 61.0 Å². The van der Waals surface area contributed by atoms with E-state index in [1.165, 1.54) is 263 Å². The summed E-state index contributed by atoms with van der Waals surface area (Å²) in [6.07, 6.45) is 50.3. The van der Waals surface area contributed by atoms with Gasteiger partial charge in [-0.25, -0.2) is 0 Å². The molecule has 19 nitrogen and oxygen atoms in total. The molecule has 17 unspecified atom stereocenters. The minimum Gasteiger partial charge on any atom is -0.394 e. The number of nitrogens with one attached hydrogen (secondary N) is 1. The third-order valence-electron chi connectivity index (χ3n) is 20.7. The number of aliphatic hydroxyl groups excluding tert-OH is 11. The molecule has 3 saturated heterocycles. The molecule has 17 atom stereocenters. The van der Waals surface area contributed by atoms with Crippen LogP contribution in [-0.4, -0.2) is 193 Å². The van der Waals surface area contributed by atoms with Gasteiger partial charge >= 0.3 is 0 Å². The van der Waals surface area contributed by atoms with Gasteiger partial charge in [-0.15, -0.1) is 0 Å². The molecule has 3 aliphatic heterocycles. The van der Waals surface area contributed by atoms with E-state index < -0.39 is 124 Å². The van der Waals surface area contributed by atoms with Crippen LogP contribution in [0.4, 0.5) is 0 Å². The van der Waals surface area contributed by atoms with Crippen molar-refractivity contribution in [3.05, 3.63) is 36.5 Å². The Kier molecular flexibility index (Phi) is 57.3. The third-order valence-corrected chi connectivity index (χ3v) is 20.7. The molecule has 3 heterocycles. The molecule has 3 rings (SSSR count).